The van der Waals surface area contributed by atoms with E-state index in [2.05, 4.69) is 79.4 Å². The molecule has 0 bridgehead atoms. The number of nitrogens with two attached hydrogens (primary N) is 1. The minimum absolute atomic E-state index is 0.809. The summed E-state index contributed by atoms with van der Waals surface area (Å²) >= 11 is 0. The number of anilines is 1. The molecule has 2 N–H and O–H groups in total. The summed E-state index contributed by atoms with van der Waals surface area (Å²) in [6.07, 6.45) is 1.75. The van der Waals surface area contributed by atoms with Gasteiger partial charge in [-0.2, -0.15) is 0 Å². The van der Waals surface area contributed by atoms with E-state index in [-0.39, 0.29) is 0 Å². The molecule has 0 amide bonds. The maximum absolute atomic E-state index is 6.00. The van der Waals surface area contributed by atoms with Gasteiger partial charge >= 0.3 is 0 Å². The number of hydrogen-bond acceptors (Lipinski definition) is 1. The summed E-state index contributed by atoms with van der Waals surface area (Å²) in [5, 5.41) is 10.2. The maximum atomic E-state index is 6.00. The summed E-state index contributed by atoms with van der Waals surface area (Å²) < 4.78 is 0. The summed E-state index contributed by atoms with van der Waals surface area (Å²) in [6.45, 7) is 9.25. The van der Waals surface area contributed by atoms with Crippen LogP contribution in [-0.4, -0.2) is 0 Å². The van der Waals surface area contributed by atoms with Crippen LogP contribution in [-0.2, 0) is 0 Å². The highest BCUT2D eigenvalue weighted by Crippen LogP contribution is 2.35. The largest absolute Gasteiger partial charge is 0.399 e. The molecule has 0 aliphatic carbocycles. The molecule has 0 saturated heterocycles. The first kappa shape index (κ1) is 19.4. The lowest BCUT2D eigenvalue weighted by molar-refractivity contribution is 1.50. The van der Waals surface area contributed by atoms with Crippen LogP contribution >= 0.6 is 0 Å². The van der Waals surface area contributed by atoms with Gasteiger partial charge in [0.2, 0.25) is 0 Å². The monoisotopic (exact) mass is 365 g/mol. The predicted molar refractivity (Wildman–Crippen MR) is 128 cm³/mol. The van der Waals surface area contributed by atoms with Crippen molar-refractivity contribution in [1.29, 1.82) is 0 Å². The third kappa shape index (κ3) is 3.44. The lowest BCUT2D eigenvalue weighted by Gasteiger charge is -2.10. The van der Waals surface area contributed by atoms with E-state index in [1.807, 2.05) is 26.8 Å². The minimum Gasteiger partial charge on any atom is -0.399 e. The zero-order valence-electron chi connectivity index (χ0n) is 16.9. The number of benzene rings is 5. The third-order valence-electron chi connectivity index (χ3n) is 4.76. The number of rotatable bonds is 0. The van der Waals surface area contributed by atoms with Gasteiger partial charge in [0.1, 0.15) is 0 Å². The van der Waals surface area contributed by atoms with Crippen molar-refractivity contribution in [3.8, 4) is 0 Å². The Hall–Kier alpha value is -3.32. The zero-order valence-corrected chi connectivity index (χ0v) is 16.9. The van der Waals surface area contributed by atoms with E-state index in [9.17, 15) is 0 Å². The molecular weight excluding hydrogens is 338 g/mol. The van der Waals surface area contributed by atoms with Gasteiger partial charge in [-0.3, -0.25) is 0 Å². The predicted octanol–water partition coefficient (Wildman–Crippen LogP) is 8.10. The van der Waals surface area contributed by atoms with Gasteiger partial charge in [-0.1, -0.05) is 86.7 Å². The van der Waals surface area contributed by atoms with Crippen molar-refractivity contribution in [2.45, 2.75) is 20.8 Å². The van der Waals surface area contributed by atoms with Crippen molar-refractivity contribution >= 4 is 48.8 Å². The van der Waals surface area contributed by atoms with Crippen LogP contribution in [0.25, 0.3) is 43.1 Å². The van der Waals surface area contributed by atoms with E-state index in [1.54, 1.807) is 6.08 Å². The Kier molecular flexibility index (Phi) is 5.96. The van der Waals surface area contributed by atoms with Crippen molar-refractivity contribution in [3.63, 3.8) is 0 Å². The SMILES string of the molecule is C=CC.CC.Nc1ccc2ccc3c(ccc4c5ccccc5ccc43)c2c1. The average molecular weight is 366 g/mol. The van der Waals surface area contributed by atoms with Gasteiger partial charge in [0.05, 0.1) is 0 Å². The van der Waals surface area contributed by atoms with Crippen molar-refractivity contribution in [2.24, 2.45) is 0 Å². The first-order valence-electron chi connectivity index (χ1n) is 9.82. The van der Waals surface area contributed by atoms with Crippen LogP contribution in [0.3, 0.4) is 0 Å². The summed E-state index contributed by atoms with van der Waals surface area (Å²) in [7, 11) is 0. The van der Waals surface area contributed by atoms with Crippen LogP contribution in [0.1, 0.15) is 20.8 Å². The summed E-state index contributed by atoms with van der Waals surface area (Å²) in [5.74, 6) is 0. The number of hydrogen-bond donors (Lipinski definition) is 1. The molecule has 5 aromatic carbocycles. The van der Waals surface area contributed by atoms with E-state index in [4.69, 9.17) is 5.73 Å². The molecular formula is C27H27N. The molecule has 0 saturated carbocycles. The van der Waals surface area contributed by atoms with Crippen LogP contribution in [0, 0.1) is 0 Å². The highest BCUT2D eigenvalue weighted by atomic mass is 14.5. The Morgan fingerprint density at radius 2 is 1.04 bits per heavy atom. The first-order valence-corrected chi connectivity index (χ1v) is 9.82. The molecule has 5 rings (SSSR count). The quantitative estimate of drug-likeness (QED) is 0.167. The Bertz CT molecular complexity index is 1270. The van der Waals surface area contributed by atoms with E-state index in [0.29, 0.717) is 0 Å². The Morgan fingerprint density at radius 3 is 1.68 bits per heavy atom. The Labute approximate surface area is 167 Å². The van der Waals surface area contributed by atoms with Gasteiger partial charge in [-0.25, -0.2) is 0 Å². The van der Waals surface area contributed by atoms with Crippen LogP contribution in [0.15, 0.2) is 91.5 Å². The number of allylic oxidation sites excluding steroid dienone is 1. The first-order chi connectivity index (χ1) is 13.7. The van der Waals surface area contributed by atoms with Gasteiger partial charge in [-0.15, -0.1) is 6.58 Å². The zero-order chi connectivity index (χ0) is 20.1. The second-order valence-electron chi connectivity index (χ2n) is 6.50. The van der Waals surface area contributed by atoms with Crippen molar-refractivity contribution in [1.82, 2.24) is 0 Å². The molecule has 1 heteroatoms. The van der Waals surface area contributed by atoms with E-state index < -0.39 is 0 Å². The summed E-state index contributed by atoms with van der Waals surface area (Å²) in [6, 6.07) is 28.0. The second-order valence-corrected chi connectivity index (χ2v) is 6.50. The fourth-order valence-electron chi connectivity index (χ4n) is 3.65. The molecule has 0 unspecified atom stereocenters. The molecule has 0 aliphatic rings. The molecule has 0 radical (unpaired) electrons. The van der Waals surface area contributed by atoms with Crippen LogP contribution < -0.4 is 5.73 Å². The fourth-order valence-corrected chi connectivity index (χ4v) is 3.65. The molecule has 28 heavy (non-hydrogen) atoms. The molecule has 0 atom stereocenters. The van der Waals surface area contributed by atoms with E-state index >= 15 is 0 Å². The van der Waals surface area contributed by atoms with Crippen LogP contribution in [0.2, 0.25) is 0 Å². The molecule has 140 valence electrons. The van der Waals surface area contributed by atoms with Crippen LogP contribution in [0.4, 0.5) is 5.69 Å². The summed E-state index contributed by atoms with van der Waals surface area (Å²) in [4.78, 5) is 0. The lowest BCUT2D eigenvalue weighted by Crippen LogP contribution is -1.86. The number of fused-ring (bicyclic) bond motifs is 7. The van der Waals surface area contributed by atoms with Crippen LogP contribution in [0.5, 0.6) is 0 Å². The van der Waals surface area contributed by atoms with Gasteiger partial charge in [0, 0.05) is 5.69 Å². The van der Waals surface area contributed by atoms with Gasteiger partial charge in [-0.05, 0) is 62.1 Å². The Balaban J connectivity index is 0.000000414. The third-order valence-corrected chi connectivity index (χ3v) is 4.76. The molecule has 0 aliphatic heterocycles. The van der Waals surface area contributed by atoms with Crippen molar-refractivity contribution in [2.75, 3.05) is 5.73 Å². The minimum atomic E-state index is 0.809. The lowest BCUT2D eigenvalue weighted by atomic mass is 9.94. The normalized spacial score (nSPS) is 10.2. The molecule has 0 aromatic heterocycles. The average Bonchev–Trinajstić information content (AvgIpc) is 2.75. The highest BCUT2D eigenvalue weighted by molar-refractivity contribution is 6.22. The van der Waals surface area contributed by atoms with Gasteiger partial charge < -0.3 is 5.73 Å². The molecule has 0 spiro atoms. The van der Waals surface area contributed by atoms with Crippen molar-refractivity contribution < 1.29 is 0 Å². The van der Waals surface area contributed by atoms with Gasteiger partial charge in [0.15, 0.2) is 0 Å². The molecule has 0 heterocycles. The standard InChI is InChI=1S/C22H15N.C3H6.C2H6/c23-16-8-5-15-7-10-20-19-9-6-14-3-1-2-4-17(14)18(19)11-12-21(20)22(15)13-16;1-3-2;1-2/h1-13H,23H2;3H,1H2,2H3;1-2H3. The molecule has 1 nitrogen and oxygen atoms in total. The molecule has 5 aromatic rings. The Morgan fingerprint density at radius 1 is 0.607 bits per heavy atom. The maximum Gasteiger partial charge on any atom is 0.0320 e. The van der Waals surface area contributed by atoms with Crippen molar-refractivity contribution in [3.05, 3.63) is 91.5 Å². The fraction of sp³-hybridized carbons (Fsp3) is 0.111. The molecule has 0 fully saturated rings. The van der Waals surface area contributed by atoms with E-state index in [1.165, 1.54) is 43.1 Å². The topological polar surface area (TPSA) is 26.0 Å². The summed E-state index contributed by atoms with van der Waals surface area (Å²) in [5.41, 5.74) is 6.81. The number of nitrogen functional groups attached to an aromatic ring is 1. The van der Waals surface area contributed by atoms with Gasteiger partial charge in [0.25, 0.3) is 0 Å². The van der Waals surface area contributed by atoms with E-state index in [0.717, 1.165) is 5.69 Å². The highest BCUT2D eigenvalue weighted by Gasteiger charge is 2.07. The second kappa shape index (κ2) is 8.58. The smallest absolute Gasteiger partial charge is 0.0320 e.